The molecular weight excluding hydrogens is 283 g/mol. The van der Waals surface area contributed by atoms with Gasteiger partial charge in [0.2, 0.25) is 0 Å². The lowest BCUT2D eigenvalue weighted by atomic mass is 10.0. The molecule has 3 nitrogen and oxygen atoms in total. The Bertz CT molecular complexity index is 404. The fourth-order valence-corrected chi connectivity index (χ4v) is 1.58. The molecule has 1 aromatic carbocycles. The third-order valence-electron chi connectivity index (χ3n) is 1.81. The van der Waals surface area contributed by atoms with Gasteiger partial charge in [0.25, 0.3) is 0 Å². The van der Waals surface area contributed by atoms with Crippen LogP contribution in [0.4, 0.5) is 0 Å². The van der Waals surface area contributed by atoms with E-state index in [0.29, 0.717) is 10.6 Å². The van der Waals surface area contributed by atoms with Gasteiger partial charge in [0.05, 0.1) is 18.0 Å². The van der Waals surface area contributed by atoms with Crippen molar-refractivity contribution in [3.05, 3.63) is 34.3 Å². The van der Waals surface area contributed by atoms with Crippen LogP contribution in [0.15, 0.2) is 18.2 Å². The molecule has 0 fully saturated rings. The number of rotatable bonds is 3. The molecule has 0 amide bonds. The lowest BCUT2D eigenvalue weighted by Gasteiger charge is -2.05. The molecule has 1 rings (SSSR count). The Morgan fingerprint density at radius 3 is 2.60 bits per heavy atom. The number of Topliss-reactive ketones (excluding diaryl/α,β-unsaturated/α-hetero) is 1. The van der Waals surface area contributed by atoms with Gasteiger partial charge in [-0.05, 0) is 18.2 Å². The number of carbonyl (C=O) groups is 2. The van der Waals surface area contributed by atoms with Crippen LogP contribution in [0.2, 0.25) is 5.02 Å². The SMILES string of the molecule is COC(=O)c1cc(Cl)ccc1C(=O)CBr. The van der Waals surface area contributed by atoms with Crippen molar-refractivity contribution in [2.24, 2.45) is 0 Å². The number of hydrogen-bond acceptors (Lipinski definition) is 3. The predicted octanol–water partition coefficient (Wildman–Crippen LogP) is 2.70. The molecule has 0 aliphatic heterocycles. The second-order valence-electron chi connectivity index (χ2n) is 2.74. The maximum atomic E-state index is 11.5. The first-order valence-electron chi connectivity index (χ1n) is 4.07. The number of ether oxygens (including phenoxy) is 1. The largest absolute Gasteiger partial charge is 0.465 e. The Morgan fingerprint density at radius 2 is 2.07 bits per heavy atom. The Kier molecular flexibility index (Phi) is 4.29. The summed E-state index contributed by atoms with van der Waals surface area (Å²) in [5, 5.41) is 0.542. The van der Waals surface area contributed by atoms with Gasteiger partial charge in [0.15, 0.2) is 5.78 Å². The Labute approximate surface area is 100 Å². The average Bonchev–Trinajstić information content (AvgIpc) is 2.26. The van der Waals surface area contributed by atoms with E-state index in [9.17, 15) is 9.59 Å². The first-order chi connectivity index (χ1) is 7.10. The fraction of sp³-hybridized carbons (Fsp3) is 0.200. The molecule has 0 aromatic heterocycles. The van der Waals surface area contributed by atoms with Crippen LogP contribution in [-0.2, 0) is 4.74 Å². The highest BCUT2D eigenvalue weighted by Gasteiger charge is 2.16. The van der Waals surface area contributed by atoms with Crippen molar-refractivity contribution in [1.82, 2.24) is 0 Å². The first-order valence-corrected chi connectivity index (χ1v) is 5.57. The summed E-state index contributed by atoms with van der Waals surface area (Å²) in [4.78, 5) is 22.8. The van der Waals surface area contributed by atoms with Crippen LogP contribution in [0.1, 0.15) is 20.7 Å². The number of hydrogen-bond donors (Lipinski definition) is 0. The number of esters is 1. The molecule has 80 valence electrons. The molecule has 0 unspecified atom stereocenters. The molecule has 1 aromatic rings. The van der Waals surface area contributed by atoms with Crippen LogP contribution in [-0.4, -0.2) is 24.2 Å². The smallest absolute Gasteiger partial charge is 0.338 e. The highest BCUT2D eigenvalue weighted by molar-refractivity contribution is 9.09. The highest BCUT2D eigenvalue weighted by atomic mass is 79.9. The topological polar surface area (TPSA) is 43.4 Å². The maximum absolute atomic E-state index is 11.5. The number of benzene rings is 1. The van der Waals surface area contributed by atoms with Gasteiger partial charge in [-0.1, -0.05) is 27.5 Å². The first kappa shape index (κ1) is 12.2. The number of methoxy groups -OCH3 is 1. The molecule has 0 spiro atoms. The van der Waals surface area contributed by atoms with Gasteiger partial charge in [0, 0.05) is 10.6 Å². The van der Waals surface area contributed by atoms with Gasteiger partial charge in [-0.25, -0.2) is 4.79 Å². The molecule has 0 aliphatic carbocycles. The van der Waals surface area contributed by atoms with Crippen molar-refractivity contribution in [1.29, 1.82) is 0 Å². The van der Waals surface area contributed by atoms with Gasteiger partial charge >= 0.3 is 5.97 Å². The van der Waals surface area contributed by atoms with Crippen molar-refractivity contribution in [3.8, 4) is 0 Å². The van der Waals surface area contributed by atoms with Crippen LogP contribution in [0.3, 0.4) is 0 Å². The van der Waals surface area contributed by atoms with Gasteiger partial charge in [-0.3, -0.25) is 4.79 Å². The zero-order chi connectivity index (χ0) is 11.4. The van der Waals surface area contributed by atoms with E-state index in [0.717, 1.165) is 0 Å². The molecule has 0 radical (unpaired) electrons. The van der Waals surface area contributed by atoms with E-state index in [4.69, 9.17) is 11.6 Å². The lowest BCUT2D eigenvalue weighted by Crippen LogP contribution is -2.11. The van der Waals surface area contributed by atoms with Crippen molar-refractivity contribution in [2.75, 3.05) is 12.4 Å². The number of carbonyl (C=O) groups excluding carboxylic acids is 2. The lowest BCUT2D eigenvalue weighted by molar-refractivity contribution is 0.0597. The minimum atomic E-state index is -0.568. The molecule has 0 N–H and O–H groups in total. The van der Waals surface area contributed by atoms with Gasteiger partial charge < -0.3 is 4.74 Å². The van der Waals surface area contributed by atoms with Crippen molar-refractivity contribution < 1.29 is 14.3 Å². The van der Waals surface area contributed by atoms with E-state index in [1.807, 2.05) is 0 Å². The molecule has 0 atom stereocenters. The van der Waals surface area contributed by atoms with Gasteiger partial charge in [0.1, 0.15) is 0 Å². The summed E-state index contributed by atoms with van der Waals surface area (Å²) < 4.78 is 4.56. The minimum absolute atomic E-state index is 0.151. The summed E-state index contributed by atoms with van der Waals surface area (Å²) in [5.74, 6) is -0.756. The normalized spacial score (nSPS) is 9.80. The third kappa shape index (κ3) is 2.79. The van der Waals surface area contributed by atoms with E-state index >= 15 is 0 Å². The molecule has 5 heteroatoms. The second-order valence-corrected chi connectivity index (χ2v) is 3.74. The van der Waals surface area contributed by atoms with Crippen molar-refractivity contribution in [2.45, 2.75) is 0 Å². The van der Waals surface area contributed by atoms with Crippen LogP contribution >= 0.6 is 27.5 Å². The maximum Gasteiger partial charge on any atom is 0.338 e. The van der Waals surface area contributed by atoms with E-state index in [1.165, 1.54) is 19.2 Å². The zero-order valence-electron chi connectivity index (χ0n) is 7.92. The molecule has 0 aliphatic rings. The van der Waals surface area contributed by atoms with E-state index < -0.39 is 5.97 Å². The summed E-state index contributed by atoms with van der Waals surface area (Å²) in [7, 11) is 1.26. The Morgan fingerprint density at radius 1 is 1.40 bits per heavy atom. The van der Waals surface area contributed by atoms with Crippen molar-refractivity contribution in [3.63, 3.8) is 0 Å². The molecule has 0 heterocycles. The third-order valence-corrected chi connectivity index (χ3v) is 2.55. The highest BCUT2D eigenvalue weighted by Crippen LogP contribution is 2.18. The van der Waals surface area contributed by atoms with Crippen LogP contribution in [0, 0.1) is 0 Å². The summed E-state index contributed by atoms with van der Waals surface area (Å²) in [6.07, 6.45) is 0. The summed E-state index contributed by atoms with van der Waals surface area (Å²) in [6.45, 7) is 0. The van der Waals surface area contributed by atoms with Crippen LogP contribution in [0.25, 0.3) is 0 Å². The van der Waals surface area contributed by atoms with Gasteiger partial charge in [-0.2, -0.15) is 0 Å². The van der Waals surface area contributed by atoms with Gasteiger partial charge in [-0.15, -0.1) is 0 Å². The van der Waals surface area contributed by atoms with Crippen LogP contribution < -0.4 is 0 Å². The summed E-state index contributed by atoms with van der Waals surface area (Å²) in [6, 6.07) is 4.49. The molecule has 0 saturated heterocycles. The van der Waals surface area contributed by atoms with E-state index in [-0.39, 0.29) is 16.7 Å². The van der Waals surface area contributed by atoms with Crippen molar-refractivity contribution >= 4 is 39.3 Å². The summed E-state index contributed by atoms with van der Waals surface area (Å²) >= 11 is 8.78. The standard InChI is InChI=1S/C10H8BrClO3/c1-15-10(14)8-4-6(12)2-3-7(8)9(13)5-11/h2-4H,5H2,1H3. The summed E-state index contributed by atoms with van der Waals surface area (Å²) in [5.41, 5.74) is 0.498. The minimum Gasteiger partial charge on any atom is -0.465 e. The molecule has 0 bridgehead atoms. The monoisotopic (exact) mass is 290 g/mol. The molecule has 15 heavy (non-hydrogen) atoms. The number of halogens is 2. The van der Waals surface area contributed by atoms with E-state index in [2.05, 4.69) is 20.7 Å². The quantitative estimate of drug-likeness (QED) is 0.488. The zero-order valence-corrected chi connectivity index (χ0v) is 10.3. The molecule has 0 saturated carbocycles. The number of ketones is 1. The van der Waals surface area contributed by atoms with E-state index in [1.54, 1.807) is 6.07 Å². The molecular formula is C10H8BrClO3. The van der Waals surface area contributed by atoms with Crippen LogP contribution in [0.5, 0.6) is 0 Å². The second kappa shape index (κ2) is 5.28. The fourth-order valence-electron chi connectivity index (χ4n) is 1.11. The Hall–Kier alpha value is -0.870. The Balaban J connectivity index is 3.26. The average molecular weight is 292 g/mol. The number of alkyl halides is 1. The predicted molar refractivity (Wildman–Crippen MR) is 60.9 cm³/mol.